The molecule has 24 heavy (non-hydrogen) atoms. The Labute approximate surface area is 143 Å². The number of halogens is 1. The van der Waals surface area contributed by atoms with Gasteiger partial charge in [0, 0.05) is 23.7 Å². The van der Waals surface area contributed by atoms with Gasteiger partial charge in [-0.15, -0.1) is 0 Å². The third-order valence-corrected chi connectivity index (χ3v) is 3.64. The van der Waals surface area contributed by atoms with Gasteiger partial charge in [-0.3, -0.25) is 4.79 Å². The Morgan fingerprint density at radius 1 is 1.21 bits per heavy atom. The lowest BCUT2D eigenvalue weighted by Gasteiger charge is -2.08. The Kier molecular flexibility index (Phi) is 4.48. The lowest BCUT2D eigenvalue weighted by atomic mass is 10.1. The number of benzene rings is 2. The fourth-order valence-electron chi connectivity index (χ4n) is 2.13. The Bertz CT molecular complexity index is 875. The van der Waals surface area contributed by atoms with Crippen molar-refractivity contribution in [3.05, 3.63) is 58.9 Å². The van der Waals surface area contributed by atoms with Gasteiger partial charge in [-0.05, 0) is 30.3 Å². The predicted molar refractivity (Wildman–Crippen MR) is 90.4 cm³/mol. The number of amides is 1. The first kappa shape index (κ1) is 16.0. The van der Waals surface area contributed by atoms with Gasteiger partial charge < -0.3 is 14.6 Å². The second-order valence-electron chi connectivity index (χ2n) is 5.02. The molecule has 6 nitrogen and oxygen atoms in total. The first-order chi connectivity index (χ1) is 11.6. The fourth-order valence-corrected chi connectivity index (χ4v) is 2.39. The van der Waals surface area contributed by atoms with E-state index in [4.69, 9.17) is 20.9 Å². The Hall–Kier alpha value is -2.86. The first-order valence-electron chi connectivity index (χ1n) is 7.12. The minimum absolute atomic E-state index is 0.243. The number of hydrogen-bond acceptors (Lipinski definition) is 5. The van der Waals surface area contributed by atoms with Crippen LogP contribution in [0.2, 0.25) is 5.02 Å². The van der Waals surface area contributed by atoms with Gasteiger partial charge >= 0.3 is 0 Å². The predicted octanol–water partition coefficient (Wildman–Crippen LogP) is 3.96. The number of methoxy groups -OCH3 is 1. The quantitative estimate of drug-likeness (QED) is 0.775. The number of carbonyl (C=O) groups is 1. The van der Waals surface area contributed by atoms with Crippen LogP contribution in [-0.2, 0) is 0 Å². The van der Waals surface area contributed by atoms with Crippen molar-refractivity contribution >= 4 is 23.2 Å². The molecule has 0 bridgehead atoms. The van der Waals surface area contributed by atoms with E-state index in [1.54, 1.807) is 49.4 Å². The molecule has 0 atom stereocenters. The second-order valence-corrected chi connectivity index (χ2v) is 5.43. The highest BCUT2D eigenvalue weighted by Crippen LogP contribution is 2.27. The summed E-state index contributed by atoms with van der Waals surface area (Å²) in [6.07, 6.45) is 0. The molecule has 1 aromatic heterocycles. The smallest absolute Gasteiger partial charge is 0.255 e. The van der Waals surface area contributed by atoms with Crippen molar-refractivity contribution in [3.8, 4) is 17.1 Å². The average Bonchev–Trinajstić information content (AvgIpc) is 3.02. The molecule has 7 heteroatoms. The number of aryl methyl sites for hydroxylation is 1. The van der Waals surface area contributed by atoms with E-state index in [9.17, 15) is 4.79 Å². The molecule has 0 aliphatic carbocycles. The van der Waals surface area contributed by atoms with E-state index >= 15 is 0 Å². The summed E-state index contributed by atoms with van der Waals surface area (Å²) in [5, 5.41) is 7.05. The largest absolute Gasteiger partial charge is 0.495 e. The molecule has 1 N–H and O–H groups in total. The van der Waals surface area contributed by atoms with E-state index in [0.717, 1.165) is 5.56 Å². The van der Waals surface area contributed by atoms with Gasteiger partial charge in [-0.1, -0.05) is 28.9 Å². The van der Waals surface area contributed by atoms with E-state index in [1.165, 1.54) is 7.11 Å². The molecule has 0 aliphatic heterocycles. The van der Waals surface area contributed by atoms with Crippen molar-refractivity contribution in [2.45, 2.75) is 6.92 Å². The third-order valence-electron chi connectivity index (χ3n) is 3.34. The van der Waals surface area contributed by atoms with E-state index in [1.807, 2.05) is 0 Å². The SMILES string of the molecule is COc1ccc(NC(=O)c2ccc(-c3noc(C)n3)cc2)cc1Cl. The number of aromatic nitrogens is 2. The number of anilines is 1. The molecule has 0 saturated heterocycles. The van der Waals surface area contributed by atoms with Crippen molar-refractivity contribution in [1.29, 1.82) is 0 Å². The summed E-state index contributed by atoms with van der Waals surface area (Å²) < 4.78 is 10.0. The molecular formula is C17H14ClN3O3. The van der Waals surface area contributed by atoms with E-state index in [-0.39, 0.29) is 5.91 Å². The minimum atomic E-state index is -0.243. The summed E-state index contributed by atoms with van der Waals surface area (Å²) >= 11 is 6.05. The van der Waals surface area contributed by atoms with Crippen LogP contribution in [0.25, 0.3) is 11.4 Å². The standard InChI is InChI=1S/C17H14ClN3O3/c1-10-19-16(21-24-10)11-3-5-12(6-4-11)17(22)20-13-7-8-15(23-2)14(18)9-13/h3-9H,1-2H3,(H,20,22). The van der Waals surface area contributed by atoms with Crippen molar-refractivity contribution in [2.75, 3.05) is 12.4 Å². The molecule has 1 heterocycles. The summed E-state index contributed by atoms with van der Waals surface area (Å²) in [5.41, 5.74) is 1.87. The number of carbonyl (C=O) groups excluding carboxylic acids is 1. The highest BCUT2D eigenvalue weighted by atomic mass is 35.5. The Balaban J connectivity index is 1.74. The number of ether oxygens (including phenoxy) is 1. The molecule has 2 aromatic carbocycles. The van der Waals surface area contributed by atoms with Gasteiger partial charge in [0.15, 0.2) is 0 Å². The maximum absolute atomic E-state index is 12.3. The number of hydrogen-bond donors (Lipinski definition) is 1. The van der Waals surface area contributed by atoms with Crippen LogP contribution < -0.4 is 10.1 Å². The third kappa shape index (κ3) is 3.38. The molecule has 3 aromatic rings. The molecule has 0 unspecified atom stereocenters. The van der Waals surface area contributed by atoms with E-state index in [2.05, 4.69) is 15.5 Å². The maximum atomic E-state index is 12.3. The number of nitrogens with one attached hydrogen (secondary N) is 1. The molecule has 1 amide bonds. The normalized spacial score (nSPS) is 10.5. The summed E-state index contributed by atoms with van der Waals surface area (Å²) in [7, 11) is 1.53. The van der Waals surface area contributed by atoms with E-state index in [0.29, 0.717) is 33.7 Å². The van der Waals surface area contributed by atoms with Crippen LogP contribution in [0.5, 0.6) is 5.75 Å². The highest BCUT2D eigenvalue weighted by Gasteiger charge is 2.10. The van der Waals surface area contributed by atoms with Crippen molar-refractivity contribution < 1.29 is 14.1 Å². The van der Waals surface area contributed by atoms with Crippen LogP contribution in [0.4, 0.5) is 5.69 Å². The Morgan fingerprint density at radius 3 is 2.54 bits per heavy atom. The summed E-state index contributed by atoms with van der Waals surface area (Å²) in [5.74, 6) is 1.28. The van der Waals surface area contributed by atoms with Crippen molar-refractivity contribution in [1.82, 2.24) is 10.1 Å². The molecule has 0 aliphatic rings. The zero-order valence-corrected chi connectivity index (χ0v) is 13.8. The molecule has 122 valence electrons. The fraction of sp³-hybridized carbons (Fsp3) is 0.118. The topological polar surface area (TPSA) is 77.2 Å². The highest BCUT2D eigenvalue weighted by molar-refractivity contribution is 6.32. The molecule has 0 fully saturated rings. The van der Waals surface area contributed by atoms with Crippen LogP contribution in [0.15, 0.2) is 47.0 Å². The summed E-state index contributed by atoms with van der Waals surface area (Å²) in [4.78, 5) is 16.4. The van der Waals surface area contributed by atoms with Gasteiger partial charge in [0.2, 0.25) is 11.7 Å². The summed E-state index contributed by atoms with van der Waals surface area (Å²) in [6.45, 7) is 1.72. The lowest BCUT2D eigenvalue weighted by molar-refractivity contribution is 0.102. The monoisotopic (exact) mass is 343 g/mol. The molecular weight excluding hydrogens is 330 g/mol. The maximum Gasteiger partial charge on any atom is 0.255 e. The van der Waals surface area contributed by atoms with Crippen LogP contribution in [0.3, 0.4) is 0 Å². The first-order valence-corrected chi connectivity index (χ1v) is 7.50. The van der Waals surface area contributed by atoms with Gasteiger partial charge in [-0.25, -0.2) is 0 Å². The second kappa shape index (κ2) is 6.72. The van der Waals surface area contributed by atoms with Crippen molar-refractivity contribution in [2.24, 2.45) is 0 Å². The molecule has 0 saturated carbocycles. The zero-order chi connectivity index (χ0) is 17.1. The Morgan fingerprint density at radius 2 is 1.96 bits per heavy atom. The molecule has 0 spiro atoms. The lowest BCUT2D eigenvalue weighted by Crippen LogP contribution is -2.11. The van der Waals surface area contributed by atoms with Crippen LogP contribution >= 0.6 is 11.6 Å². The summed E-state index contributed by atoms with van der Waals surface area (Å²) in [6, 6.07) is 12.0. The molecule has 0 radical (unpaired) electrons. The minimum Gasteiger partial charge on any atom is -0.495 e. The van der Waals surface area contributed by atoms with Crippen molar-refractivity contribution in [3.63, 3.8) is 0 Å². The molecule has 3 rings (SSSR count). The number of nitrogens with zero attached hydrogens (tertiary/aromatic N) is 2. The van der Waals surface area contributed by atoms with Gasteiger partial charge in [-0.2, -0.15) is 4.98 Å². The van der Waals surface area contributed by atoms with E-state index < -0.39 is 0 Å². The van der Waals surface area contributed by atoms with Gasteiger partial charge in [0.1, 0.15) is 5.75 Å². The number of rotatable bonds is 4. The van der Waals surface area contributed by atoms with Crippen LogP contribution in [-0.4, -0.2) is 23.2 Å². The zero-order valence-electron chi connectivity index (χ0n) is 13.0. The van der Waals surface area contributed by atoms with Crippen LogP contribution in [0, 0.1) is 6.92 Å². The van der Waals surface area contributed by atoms with Gasteiger partial charge in [0.25, 0.3) is 5.91 Å². The van der Waals surface area contributed by atoms with Gasteiger partial charge in [0.05, 0.1) is 12.1 Å². The average molecular weight is 344 g/mol. The van der Waals surface area contributed by atoms with Crippen LogP contribution in [0.1, 0.15) is 16.2 Å².